The van der Waals surface area contributed by atoms with Crippen molar-refractivity contribution in [1.82, 2.24) is 15.3 Å². The summed E-state index contributed by atoms with van der Waals surface area (Å²) in [5.41, 5.74) is 3.37. The number of aromatic amines is 1. The number of benzene rings is 2. The number of fused-ring (bicyclic) bond motifs is 1. The Morgan fingerprint density at radius 1 is 1.10 bits per heavy atom. The van der Waals surface area contributed by atoms with Crippen LogP contribution in [0.25, 0.3) is 10.9 Å². The van der Waals surface area contributed by atoms with E-state index in [0.29, 0.717) is 12.3 Å². The number of hydrogen-bond acceptors (Lipinski definition) is 4. The molecule has 0 bridgehead atoms. The zero-order valence-electron chi connectivity index (χ0n) is 16.7. The van der Waals surface area contributed by atoms with Crippen molar-refractivity contribution in [3.63, 3.8) is 0 Å². The van der Waals surface area contributed by atoms with Crippen molar-refractivity contribution >= 4 is 28.6 Å². The first kappa shape index (κ1) is 20.0. The number of thioether (sulfide) groups is 1. The van der Waals surface area contributed by atoms with Gasteiger partial charge < -0.3 is 15.0 Å². The number of carbonyl (C=O) groups is 1. The summed E-state index contributed by atoms with van der Waals surface area (Å²) in [7, 11) is 1.66. The van der Waals surface area contributed by atoms with Gasteiger partial charge in [0.2, 0.25) is 5.91 Å². The van der Waals surface area contributed by atoms with Crippen molar-refractivity contribution in [1.29, 1.82) is 0 Å². The Labute approximate surface area is 179 Å². The topological polar surface area (TPSA) is 67.0 Å². The number of methoxy groups -OCH3 is 1. The van der Waals surface area contributed by atoms with Crippen molar-refractivity contribution in [3.8, 4) is 5.75 Å². The van der Waals surface area contributed by atoms with Crippen LogP contribution in [0.1, 0.15) is 17.0 Å². The van der Waals surface area contributed by atoms with E-state index in [0.717, 1.165) is 32.8 Å². The molecular weight excluding hydrogens is 394 g/mol. The molecule has 0 aliphatic rings. The molecule has 6 heteroatoms. The molecule has 1 amide bonds. The molecule has 2 aromatic carbocycles. The number of hydrogen-bond donors (Lipinski definition) is 2. The number of rotatable bonds is 8. The predicted octanol–water partition coefficient (Wildman–Crippen LogP) is 4.61. The van der Waals surface area contributed by atoms with Crippen LogP contribution in [-0.2, 0) is 4.79 Å². The van der Waals surface area contributed by atoms with Crippen LogP contribution in [-0.4, -0.2) is 35.3 Å². The minimum atomic E-state index is -0.0102. The van der Waals surface area contributed by atoms with Crippen LogP contribution in [0.3, 0.4) is 0 Å². The second-order valence-corrected chi connectivity index (χ2v) is 7.87. The summed E-state index contributed by atoms with van der Waals surface area (Å²) in [5, 5.41) is 5.11. The van der Waals surface area contributed by atoms with Gasteiger partial charge in [-0.3, -0.25) is 4.79 Å². The maximum absolute atomic E-state index is 12.5. The Morgan fingerprint density at radius 2 is 1.90 bits per heavy atom. The van der Waals surface area contributed by atoms with Crippen LogP contribution in [0.5, 0.6) is 5.75 Å². The third-order valence-corrected chi connectivity index (χ3v) is 5.95. The van der Waals surface area contributed by atoms with E-state index in [9.17, 15) is 4.79 Å². The van der Waals surface area contributed by atoms with Gasteiger partial charge in [-0.15, -0.1) is 0 Å². The minimum absolute atomic E-state index is 0.0102. The van der Waals surface area contributed by atoms with Crippen molar-refractivity contribution in [2.75, 3.05) is 19.4 Å². The largest absolute Gasteiger partial charge is 0.497 e. The van der Waals surface area contributed by atoms with E-state index in [1.165, 1.54) is 11.8 Å². The first-order valence-corrected chi connectivity index (χ1v) is 10.7. The van der Waals surface area contributed by atoms with Gasteiger partial charge in [-0.2, -0.15) is 0 Å². The molecular formula is C24H23N3O2S. The molecule has 30 heavy (non-hydrogen) atoms. The molecule has 4 rings (SSSR count). The fraction of sp³-hybridized carbons (Fsp3) is 0.167. The van der Waals surface area contributed by atoms with E-state index >= 15 is 0 Å². The molecule has 2 N–H and O–H groups in total. The van der Waals surface area contributed by atoms with E-state index in [1.54, 1.807) is 13.3 Å². The first-order chi connectivity index (χ1) is 14.7. The molecule has 0 aliphatic heterocycles. The normalized spacial score (nSPS) is 11.9. The van der Waals surface area contributed by atoms with Crippen LogP contribution < -0.4 is 10.1 Å². The van der Waals surface area contributed by atoms with Gasteiger partial charge in [0.25, 0.3) is 0 Å². The number of para-hydroxylation sites is 1. The fourth-order valence-electron chi connectivity index (χ4n) is 3.46. The molecule has 5 nitrogen and oxygen atoms in total. The van der Waals surface area contributed by atoms with Crippen molar-refractivity contribution in [2.45, 2.75) is 10.9 Å². The number of H-pyrrole nitrogens is 1. The average Bonchev–Trinajstić information content (AvgIpc) is 3.23. The molecule has 0 radical (unpaired) electrons. The summed E-state index contributed by atoms with van der Waals surface area (Å²) >= 11 is 1.44. The van der Waals surface area contributed by atoms with Gasteiger partial charge in [0.15, 0.2) is 0 Å². The van der Waals surface area contributed by atoms with Gasteiger partial charge in [-0.05, 0) is 41.5 Å². The summed E-state index contributed by atoms with van der Waals surface area (Å²) in [6.07, 6.45) is 3.77. The molecule has 0 aliphatic carbocycles. The number of amides is 1. The van der Waals surface area contributed by atoms with Gasteiger partial charge >= 0.3 is 0 Å². The fourth-order valence-corrected chi connectivity index (χ4v) is 4.16. The van der Waals surface area contributed by atoms with Gasteiger partial charge in [-0.1, -0.05) is 48.2 Å². The Balaban J connectivity index is 1.52. The van der Waals surface area contributed by atoms with Crippen molar-refractivity contribution in [3.05, 3.63) is 90.3 Å². The number of carbonyl (C=O) groups excluding carboxylic acids is 1. The zero-order chi connectivity index (χ0) is 20.8. The SMILES string of the molecule is COc1ccc([C@H](CNC(=O)CSc2ccccn2)c2c[nH]c3ccccc23)cc1. The highest BCUT2D eigenvalue weighted by Gasteiger charge is 2.19. The lowest BCUT2D eigenvalue weighted by molar-refractivity contribution is -0.118. The van der Waals surface area contributed by atoms with E-state index in [4.69, 9.17) is 4.74 Å². The van der Waals surface area contributed by atoms with E-state index < -0.39 is 0 Å². The number of pyridine rings is 1. The second kappa shape index (κ2) is 9.50. The minimum Gasteiger partial charge on any atom is -0.497 e. The molecule has 0 unspecified atom stereocenters. The van der Waals surface area contributed by atoms with Gasteiger partial charge in [0.05, 0.1) is 17.9 Å². The van der Waals surface area contributed by atoms with Crippen LogP contribution in [0.4, 0.5) is 0 Å². The monoisotopic (exact) mass is 417 g/mol. The number of nitrogens with zero attached hydrogens (tertiary/aromatic N) is 1. The Morgan fingerprint density at radius 3 is 2.67 bits per heavy atom. The molecule has 0 saturated carbocycles. The smallest absolute Gasteiger partial charge is 0.230 e. The third-order valence-electron chi connectivity index (χ3n) is 5.01. The molecule has 4 aromatic rings. The zero-order valence-corrected chi connectivity index (χ0v) is 17.5. The summed E-state index contributed by atoms with van der Waals surface area (Å²) in [6.45, 7) is 0.510. The lowest BCUT2D eigenvalue weighted by atomic mass is 9.91. The summed E-state index contributed by atoms with van der Waals surface area (Å²) < 4.78 is 5.30. The first-order valence-electron chi connectivity index (χ1n) is 9.75. The highest BCUT2D eigenvalue weighted by atomic mass is 32.2. The van der Waals surface area contributed by atoms with Crippen LogP contribution >= 0.6 is 11.8 Å². The molecule has 1 atom stereocenters. The van der Waals surface area contributed by atoms with Crippen LogP contribution in [0, 0.1) is 0 Å². The molecule has 152 valence electrons. The van der Waals surface area contributed by atoms with E-state index in [2.05, 4.69) is 39.6 Å². The second-order valence-electron chi connectivity index (χ2n) is 6.88. The van der Waals surface area contributed by atoms with Gasteiger partial charge in [0.1, 0.15) is 5.75 Å². The number of nitrogens with one attached hydrogen (secondary N) is 2. The molecule has 0 fully saturated rings. The predicted molar refractivity (Wildman–Crippen MR) is 121 cm³/mol. The van der Waals surface area contributed by atoms with E-state index in [-0.39, 0.29) is 11.8 Å². The molecule has 0 spiro atoms. The highest BCUT2D eigenvalue weighted by molar-refractivity contribution is 7.99. The molecule has 2 aromatic heterocycles. The Hall–Kier alpha value is -3.25. The lowest BCUT2D eigenvalue weighted by Gasteiger charge is -2.18. The Bertz CT molecular complexity index is 1110. The van der Waals surface area contributed by atoms with Gasteiger partial charge in [0, 0.05) is 35.8 Å². The summed E-state index contributed by atoms with van der Waals surface area (Å²) in [5.74, 6) is 1.16. The number of aromatic nitrogens is 2. The molecule has 0 saturated heterocycles. The quantitative estimate of drug-likeness (QED) is 0.411. The lowest BCUT2D eigenvalue weighted by Crippen LogP contribution is -2.30. The van der Waals surface area contributed by atoms with Crippen molar-refractivity contribution in [2.24, 2.45) is 0 Å². The standard InChI is InChI=1S/C24H23N3O2S/c1-29-18-11-9-17(10-12-18)20(21-15-26-22-7-3-2-6-19(21)22)14-27-23(28)16-30-24-8-4-5-13-25-24/h2-13,15,20,26H,14,16H2,1H3,(H,27,28)/t20-/m0/s1. The highest BCUT2D eigenvalue weighted by Crippen LogP contribution is 2.31. The average molecular weight is 418 g/mol. The van der Waals surface area contributed by atoms with E-state index in [1.807, 2.05) is 48.7 Å². The summed E-state index contributed by atoms with van der Waals surface area (Å²) in [4.78, 5) is 20.1. The van der Waals surface area contributed by atoms with Gasteiger partial charge in [-0.25, -0.2) is 4.98 Å². The van der Waals surface area contributed by atoms with Crippen LogP contribution in [0.2, 0.25) is 0 Å². The molecule has 2 heterocycles. The van der Waals surface area contributed by atoms with Crippen LogP contribution in [0.15, 0.2) is 84.1 Å². The maximum Gasteiger partial charge on any atom is 0.230 e. The summed E-state index contributed by atoms with van der Waals surface area (Å²) in [6, 6.07) is 21.9. The van der Waals surface area contributed by atoms with Crippen molar-refractivity contribution < 1.29 is 9.53 Å². The maximum atomic E-state index is 12.5. The Kier molecular flexibility index (Phi) is 6.35. The number of ether oxygens (including phenoxy) is 1. The third kappa shape index (κ3) is 4.66.